The Balaban J connectivity index is 1.77. The normalized spacial score (nSPS) is 18.3. The van der Waals surface area contributed by atoms with Crippen LogP contribution in [0.1, 0.15) is 18.5 Å². The Labute approximate surface area is 115 Å². The fourth-order valence-corrected chi connectivity index (χ4v) is 2.27. The van der Waals surface area contributed by atoms with Gasteiger partial charge in [0.25, 0.3) is 0 Å². The zero-order valence-electron chi connectivity index (χ0n) is 11.8. The van der Waals surface area contributed by atoms with Crippen LogP contribution in [0.4, 0.5) is 0 Å². The molecule has 1 N–H and O–H groups in total. The van der Waals surface area contributed by atoms with Gasteiger partial charge in [0.15, 0.2) is 0 Å². The van der Waals surface area contributed by atoms with Crippen LogP contribution in [0.2, 0.25) is 0 Å². The quantitative estimate of drug-likeness (QED) is 0.882. The number of rotatable bonds is 4. The third-order valence-electron chi connectivity index (χ3n) is 3.72. The van der Waals surface area contributed by atoms with Crippen molar-refractivity contribution in [1.29, 1.82) is 0 Å². The van der Waals surface area contributed by atoms with Crippen LogP contribution >= 0.6 is 0 Å². The van der Waals surface area contributed by atoms with Gasteiger partial charge in [0.1, 0.15) is 0 Å². The van der Waals surface area contributed by atoms with Gasteiger partial charge in [0.2, 0.25) is 5.91 Å². The predicted molar refractivity (Wildman–Crippen MR) is 76.9 cm³/mol. The van der Waals surface area contributed by atoms with Crippen molar-refractivity contribution in [3.63, 3.8) is 0 Å². The fraction of sp³-hybridized carbons (Fsp3) is 0.533. The number of likely N-dealkylation sites (N-methyl/N-ethyl adjacent to an activating group) is 1. The first-order valence-corrected chi connectivity index (χ1v) is 6.91. The lowest BCUT2D eigenvalue weighted by atomic mass is 10.1. The molecule has 1 aliphatic rings. The topological polar surface area (TPSA) is 35.6 Å². The van der Waals surface area contributed by atoms with E-state index in [2.05, 4.69) is 36.3 Å². The number of amides is 1. The second-order valence-corrected chi connectivity index (χ2v) is 5.20. The van der Waals surface area contributed by atoms with Gasteiger partial charge >= 0.3 is 0 Å². The summed E-state index contributed by atoms with van der Waals surface area (Å²) in [6, 6.07) is 10.4. The molecule has 19 heavy (non-hydrogen) atoms. The van der Waals surface area contributed by atoms with E-state index in [1.807, 2.05) is 23.1 Å². The molecule has 4 heteroatoms. The minimum Gasteiger partial charge on any atom is -0.339 e. The van der Waals surface area contributed by atoms with Crippen LogP contribution in [0.15, 0.2) is 30.3 Å². The smallest absolute Gasteiger partial charge is 0.236 e. The molecule has 1 aromatic rings. The lowest BCUT2D eigenvalue weighted by molar-refractivity contribution is -0.131. The van der Waals surface area contributed by atoms with Crippen LogP contribution < -0.4 is 5.32 Å². The molecule has 0 unspecified atom stereocenters. The summed E-state index contributed by atoms with van der Waals surface area (Å²) in [5, 5.41) is 3.30. The van der Waals surface area contributed by atoms with Gasteiger partial charge in [0.05, 0.1) is 6.54 Å². The molecule has 0 radical (unpaired) electrons. The van der Waals surface area contributed by atoms with E-state index in [4.69, 9.17) is 0 Å². The third kappa shape index (κ3) is 4.04. The van der Waals surface area contributed by atoms with Crippen LogP contribution in [0.25, 0.3) is 0 Å². The van der Waals surface area contributed by atoms with E-state index in [1.54, 1.807) is 0 Å². The highest BCUT2D eigenvalue weighted by molar-refractivity contribution is 5.78. The van der Waals surface area contributed by atoms with E-state index in [1.165, 1.54) is 5.56 Å². The molecule has 1 aromatic carbocycles. The van der Waals surface area contributed by atoms with Crippen molar-refractivity contribution >= 4 is 5.91 Å². The third-order valence-corrected chi connectivity index (χ3v) is 3.72. The number of piperazine rings is 1. The molecule has 1 fully saturated rings. The summed E-state index contributed by atoms with van der Waals surface area (Å²) >= 11 is 0. The first-order chi connectivity index (χ1) is 9.16. The van der Waals surface area contributed by atoms with Crippen LogP contribution in [0.5, 0.6) is 0 Å². The van der Waals surface area contributed by atoms with Gasteiger partial charge in [0, 0.05) is 32.2 Å². The molecule has 4 nitrogen and oxygen atoms in total. The van der Waals surface area contributed by atoms with Gasteiger partial charge in [-0.15, -0.1) is 0 Å². The Bertz CT molecular complexity index is 399. The molecule has 1 heterocycles. The molecule has 1 saturated heterocycles. The summed E-state index contributed by atoms with van der Waals surface area (Å²) in [4.78, 5) is 16.3. The summed E-state index contributed by atoms with van der Waals surface area (Å²) < 4.78 is 0. The SMILES string of the molecule is C[C@@H](NCC(=O)N1CCN(C)CC1)c1ccccc1. The molecular weight excluding hydrogens is 238 g/mol. The Morgan fingerprint density at radius 3 is 2.47 bits per heavy atom. The van der Waals surface area contributed by atoms with Gasteiger partial charge in [-0.25, -0.2) is 0 Å². The van der Waals surface area contributed by atoms with Gasteiger partial charge < -0.3 is 15.1 Å². The van der Waals surface area contributed by atoms with Crippen LogP contribution in [-0.2, 0) is 4.79 Å². The zero-order chi connectivity index (χ0) is 13.7. The maximum Gasteiger partial charge on any atom is 0.236 e. The number of nitrogens with zero attached hydrogens (tertiary/aromatic N) is 2. The molecule has 104 valence electrons. The van der Waals surface area contributed by atoms with E-state index in [0.29, 0.717) is 6.54 Å². The molecule has 1 aliphatic heterocycles. The molecule has 1 atom stereocenters. The number of hydrogen-bond donors (Lipinski definition) is 1. The Kier molecular flexibility index (Phi) is 4.93. The molecule has 0 saturated carbocycles. The van der Waals surface area contributed by atoms with E-state index in [-0.39, 0.29) is 11.9 Å². The number of carbonyl (C=O) groups is 1. The lowest BCUT2D eigenvalue weighted by Gasteiger charge is -2.32. The largest absolute Gasteiger partial charge is 0.339 e. The second-order valence-electron chi connectivity index (χ2n) is 5.20. The second kappa shape index (κ2) is 6.68. The summed E-state index contributed by atoms with van der Waals surface area (Å²) in [7, 11) is 2.09. The average molecular weight is 261 g/mol. The van der Waals surface area contributed by atoms with E-state index in [0.717, 1.165) is 26.2 Å². The Hall–Kier alpha value is -1.39. The number of hydrogen-bond acceptors (Lipinski definition) is 3. The maximum absolute atomic E-state index is 12.1. The first-order valence-electron chi connectivity index (χ1n) is 6.91. The number of nitrogens with one attached hydrogen (secondary N) is 1. The van der Waals surface area contributed by atoms with E-state index >= 15 is 0 Å². The Morgan fingerprint density at radius 1 is 1.21 bits per heavy atom. The van der Waals surface area contributed by atoms with Gasteiger partial charge in [-0.3, -0.25) is 4.79 Å². The first kappa shape index (κ1) is 14.0. The van der Waals surface area contributed by atoms with E-state index < -0.39 is 0 Å². The molecular formula is C15H23N3O. The number of benzene rings is 1. The van der Waals surface area contributed by atoms with Crippen LogP contribution in [0, 0.1) is 0 Å². The van der Waals surface area contributed by atoms with Crippen molar-refractivity contribution in [2.45, 2.75) is 13.0 Å². The van der Waals surface area contributed by atoms with Crippen molar-refractivity contribution in [2.75, 3.05) is 39.8 Å². The van der Waals surface area contributed by atoms with Gasteiger partial charge in [-0.2, -0.15) is 0 Å². The summed E-state index contributed by atoms with van der Waals surface area (Å²) in [6.45, 7) is 6.14. The van der Waals surface area contributed by atoms with E-state index in [9.17, 15) is 4.79 Å². The van der Waals surface area contributed by atoms with Gasteiger partial charge in [-0.1, -0.05) is 30.3 Å². The lowest BCUT2D eigenvalue weighted by Crippen LogP contribution is -2.49. The average Bonchev–Trinajstić information content (AvgIpc) is 2.46. The number of carbonyl (C=O) groups excluding carboxylic acids is 1. The molecule has 0 bridgehead atoms. The zero-order valence-corrected chi connectivity index (χ0v) is 11.8. The maximum atomic E-state index is 12.1. The predicted octanol–water partition coefficient (Wildman–Crippen LogP) is 1.11. The fourth-order valence-electron chi connectivity index (χ4n) is 2.27. The summed E-state index contributed by atoms with van der Waals surface area (Å²) in [6.07, 6.45) is 0. The molecule has 2 rings (SSSR count). The van der Waals surface area contributed by atoms with Crippen molar-refractivity contribution in [2.24, 2.45) is 0 Å². The highest BCUT2D eigenvalue weighted by atomic mass is 16.2. The van der Waals surface area contributed by atoms with Crippen LogP contribution in [0.3, 0.4) is 0 Å². The van der Waals surface area contributed by atoms with Crippen molar-refractivity contribution in [3.05, 3.63) is 35.9 Å². The van der Waals surface area contributed by atoms with Crippen molar-refractivity contribution in [3.8, 4) is 0 Å². The highest BCUT2D eigenvalue weighted by Crippen LogP contribution is 2.10. The standard InChI is InChI=1S/C15H23N3O/c1-13(14-6-4-3-5-7-14)16-12-15(19)18-10-8-17(2)9-11-18/h3-7,13,16H,8-12H2,1-2H3/t13-/m1/s1. The Morgan fingerprint density at radius 2 is 1.84 bits per heavy atom. The minimum atomic E-state index is 0.205. The van der Waals surface area contributed by atoms with Crippen LogP contribution in [-0.4, -0.2) is 55.5 Å². The highest BCUT2D eigenvalue weighted by Gasteiger charge is 2.19. The monoisotopic (exact) mass is 261 g/mol. The summed E-state index contributed by atoms with van der Waals surface area (Å²) in [5.74, 6) is 0.205. The van der Waals surface area contributed by atoms with Gasteiger partial charge in [-0.05, 0) is 19.5 Å². The molecule has 0 aromatic heterocycles. The minimum absolute atomic E-state index is 0.205. The molecule has 0 spiro atoms. The van der Waals surface area contributed by atoms with Crippen molar-refractivity contribution < 1.29 is 4.79 Å². The molecule has 1 amide bonds. The van der Waals surface area contributed by atoms with Crippen molar-refractivity contribution in [1.82, 2.24) is 15.1 Å². The summed E-state index contributed by atoms with van der Waals surface area (Å²) in [5.41, 5.74) is 1.22. The molecule has 0 aliphatic carbocycles.